The fraction of sp³-hybridized carbons (Fsp3) is 0.471. The molecule has 26 heavy (non-hydrogen) atoms. The predicted molar refractivity (Wildman–Crippen MR) is 97.1 cm³/mol. The van der Waals surface area contributed by atoms with Crippen molar-refractivity contribution in [3.8, 4) is 0 Å². The summed E-state index contributed by atoms with van der Waals surface area (Å²) in [5, 5.41) is 21.7. The predicted octanol–water partition coefficient (Wildman–Crippen LogP) is 1.17. The Morgan fingerprint density at radius 1 is 1.23 bits per heavy atom. The number of hydrazine groups is 1. The maximum atomic E-state index is 11.9. The Labute approximate surface area is 152 Å². The lowest BCUT2D eigenvalue weighted by Crippen LogP contribution is -2.41. The van der Waals surface area contributed by atoms with Crippen molar-refractivity contribution in [2.45, 2.75) is 44.6 Å². The van der Waals surface area contributed by atoms with Crippen LogP contribution in [0.25, 0.3) is 0 Å². The van der Waals surface area contributed by atoms with E-state index in [0.29, 0.717) is 25.5 Å². The number of nitro groups is 1. The fourth-order valence-electron chi connectivity index (χ4n) is 2.38. The lowest BCUT2D eigenvalue weighted by Gasteiger charge is -2.13. The largest absolute Gasteiger partial charge is 0.352 e. The van der Waals surface area contributed by atoms with E-state index in [1.807, 2.05) is 18.2 Å². The minimum Gasteiger partial charge on any atom is -0.352 e. The standard InChI is InChI=1S/C17H25N5O4/c18-17(21-22(25)26)19-12-6-10-15(13-23)20-16(24)11-5-4-9-14-7-2-1-3-8-14/h1-3,7-8,13,15H,4-6,9-12H2,(H,20,24)(H3,18,19,21). The van der Waals surface area contributed by atoms with Gasteiger partial charge in [-0.3, -0.25) is 10.2 Å². The highest BCUT2D eigenvalue weighted by Gasteiger charge is 2.11. The number of carbonyl (C=O) groups is 2. The Balaban J connectivity index is 2.13. The molecule has 0 saturated heterocycles. The Bertz CT molecular complexity index is 594. The molecule has 0 aliphatic carbocycles. The van der Waals surface area contributed by atoms with E-state index in [1.54, 1.807) is 5.43 Å². The van der Waals surface area contributed by atoms with Gasteiger partial charge in [-0.25, -0.2) is 10.1 Å². The first-order valence-corrected chi connectivity index (χ1v) is 8.53. The summed E-state index contributed by atoms with van der Waals surface area (Å²) in [5.74, 6) is -0.578. The fourth-order valence-corrected chi connectivity index (χ4v) is 2.38. The van der Waals surface area contributed by atoms with Crippen molar-refractivity contribution in [1.29, 1.82) is 5.41 Å². The lowest BCUT2D eigenvalue weighted by atomic mass is 10.1. The number of benzene rings is 1. The van der Waals surface area contributed by atoms with Gasteiger partial charge in [-0.05, 0) is 37.7 Å². The Hall–Kier alpha value is -2.97. The third-order valence-corrected chi connectivity index (χ3v) is 3.67. The van der Waals surface area contributed by atoms with E-state index in [4.69, 9.17) is 5.41 Å². The molecule has 1 aromatic rings. The molecule has 0 saturated carbocycles. The molecule has 0 heterocycles. The van der Waals surface area contributed by atoms with E-state index in [2.05, 4.69) is 22.8 Å². The number of carbonyl (C=O) groups excluding carboxylic acids is 2. The second-order valence-corrected chi connectivity index (χ2v) is 5.82. The van der Waals surface area contributed by atoms with Gasteiger partial charge in [0.15, 0.2) is 5.03 Å². The van der Waals surface area contributed by atoms with Gasteiger partial charge in [0, 0.05) is 13.0 Å². The van der Waals surface area contributed by atoms with Gasteiger partial charge in [-0.15, -0.1) is 0 Å². The van der Waals surface area contributed by atoms with Gasteiger partial charge in [-0.1, -0.05) is 35.8 Å². The average Bonchev–Trinajstić information content (AvgIpc) is 2.61. The zero-order valence-corrected chi connectivity index (χ0v) is 14.6. The number of amides is 1. The van der Waals surface area contributed by atoms with Crippen LogP contribution in [0.4, 0.5) is 0 Å². The van der Waals surface area contributed by atoms with Crippen molar-refractivity contribution >= 4 is 18.2 Å². The van der Waals surface area contributed by atoms with E-state index in [1.165, 1.54) is 5.56 Å². The number of rotatable bonds is 12. The number of hydrogen-bond donors (Lipinski definition) is 4. The number of guanidine groups is 1. The van der Waals surface area contributed by atoms with Crippen LogP contribution in [-0.2, 0) is 16.0 Å². The molecule has 0 fully saturated rings. The van der Waals surface area contributed by atoms with Crippen LogP contribution in [0, 0.1) is 15.5 Å². The zero-order valence-electron chi connectivity index (χ0n) is 14.6. The first-order valence-electron chi connectivity index (χ1n) is 8.53. The molecule has 0 aromatic heterocycles. The smallest absolute Gasteiger partial charge is 0.251 e. The van der Waals surface area contributed by atoms with Gasteiger partial charge in [0.25, 0.3) is 5.96 Å². The molecule has 9 heteroatoms. The van der Waals surface area contributed by atoms with Crippen molar-refractivity contribution in [3.05, 3.63) is 46.0 Å². The first-order chi connectivity index (χ1) is 12.5. The van der Waals surface area contributed by atoms with Crippen molar-refractivity contribution in [1.82, 2.24) is 16.1 Å². The minimum absolute atomic E-state index is 0.161. The molecule has 0 radical (unpaired) electrons. The second kappa shape index (κ2) is 12.4. The Morgan fingerprint density at radius 3 is 2.62 bits per heavy atom. The number of hydrogen-bond acceptors (Lipinski definition) is 5. The van der Waals surface area contributed by atoms with Crippen LogP contribution in [0.1, 0.15) is 37.7 Å². The summed E-state index contributed by atoms with van der Waals surface area (Å²) < 4.78 is 0. The number of aldehydes is 1. The third-order valence-electron chi connectivity index (χ3n) is 3.67. The summed E-state index contributed by atoms with van der Waals surface area (Å²) in [4.78, 5) is 33.1. The molecule has 1 aromatic carbocycles. The highest BCUT2D eigenvalue weighted by Crippen LogP contribution is 2.06. The topological polar surface area (TPSA) is 137 Å². The number of nitrogens with one attached hydrogen (secondary N) is 4. The van der Waals surface area contributed by atoms with Crippen molar-refractivity contribution in [2.75, 3.05) is 6.54 Å². The molecule has 0 aliphatic rings. The van der Waals surface area contributed by atoms with Crippen LogP contribution in [-0.4, -0.2) is 35.8 Å². The van der Waals surface area contributed by atoms with Crippen LogP contribution in [0.3, 0.4) is 0 Å². The highest BCUT2D eigenvalue weighted by atomic mass is 16.7. The van der Waals surface area contributed by atoms with Gasteiger partial charge >= 0.3 is 0 Å². The minimum atomic E-state index is -0.832. The molecule has 9 nitrogen and oxygen atoms in total. The van der Waals surface area contributed by atoms with E-state index in [0.717, 1.165) is 19.3 Å². The van der Waals surface area contributed by atoms with Crippen molar-refractivity contribution in [3.63, 3.8) is 0 Å². The molecule has 4 N–H and O–H groups in total. The summed E-state index contributed by atoms with van der Waals surface area (Å²) in [6, 6.07) is 9.46. The molecule has 142 valence electrons. The van der Waals surface area contributed by atoms with Crippen LogP contribution in [0.5, 0.6) is 0 Å². The van der Waals surface area contributed by atoms with E-state index < -0.39 is 17.0 Å². The summed E-state index contributed by atoms with van der Waals surface area (Å²) in [6.45, 7) is 0.289. The van der Waals surface area contributed by atoms with Gasteiger partial charge in [0.2, 0.25) is 5.91 Å². The molecule has 1 unspecified atom stereocenters. The quantitative estimate of drug-likeness (QED) is 0.110. The highest BCUT2D eigenvalue weighted by molar-refractivity contribution is 5.79. The first kappa shape index (κ1) is 21.1. The molecule has 1 rings (SSSR count). The molecule has 0 aliphatic heterocycles. The van der Waals surface area contributed by atoms with E-state index in [9.17, 15) is 19.7 Å². The van der Waals surface area contributed by atoms with Gasteiger partial charge in [-0.2, -0.15) is 0 Å². The second-order valence-electron chi connectivity index (χ2n) is 5.82. The molecule has 1 atom stereocenters. The van der Waals surface area contributed by atoms with Gasteiger partial charge in [0.05, 0.1) is 6.04 Å². The number of nitrogens with zero attached hydrogens (tertiary/aromatic N) is 1. The summed E-state index contributed by atoms with van der Waals surface area (Å²) in [7, 11) is 0. The molecular formula is C17H25N5O4. The SMILES string of the molecule is N=C(NCCCC(C=O)NC(=O)CCCCc1ccccc1)N[N+](=O)[O-]. The van der Waals surface area contributed by atoms with Crippen LogP contribution >= 0.6 is 0 Å². The van der Waals surface area contributed by atoms with Gasteiger partial charge in [0.1, 0.15) is 6.29 Å². The maximum Gasteiger partial charge on any atom is 0.251 e. The van der Waals surface area contributed by atoms with E-state index in [-0.39, 0.29) is 12.5 Å². The number of aryl methyl sites for hydroxylation is 1. The average molecular weight is 363 g/mol. The van der Waals surface area contributed by atoms with Crippen molar-refractivity contribution < 1.29 is 14.6 Å². The Morgan fingerprint density at radius 2 is 1.96 bits per heavy atom. The maximum absolute atomic E-state index is 11.9. The van der Waals surface area contributed by atoms with Crippen molar-refractivity contribution in [2.24, 2.45) is 0 Å². The zero-order chi connectivity index (χ0) is 19.2. The third kappa shape index (κ3) is 10.0. The monoisotopic (exact) mass is 363 g/mol. The molecule has 0 bridgehead atoms. The normalized spacial score (nSPS) is 11.2. The Kier molecular flexibility index (Phi) is 10.1. The number of unbranched alkanes of at least 4 members (excludes halogenated alkanes) is 1. The summed E-state index contributed by atoms with van der Waals surface area (Å²) in [6.07, 6.45) is 4.50. The van der Waals surface area contributed by atoms with Crippen LogP contribution in [0.15, 0.2) is 30.3 Å². The lowest BCUT2D eigenvalue weighted by molar-refractivity contribution is -0.525. The van der Waals surface area contributed by atoms with Crippen LogP contribution < -0.4 is 16.1 Å². The molecule has 0 spiro atoms. The van der Waals surface area contributed by atoms with Gasteiger partial charge < -0.3 is 15.4 Å². The summed E-state index contributed by atoms with van der Waals surface area (Å²) in [5.41, 5.74) is 2.91. The molecular weight excluding hydrogens is 338 g/mol. The molecule has 1 amide bonds. The van der Waals surface area contributed by atoms with Crippen LogP contribution in [0.2, 0.25) is 0 Å². The van der Waals surface area contributed by atoms with E-state index >= 15 is 0 Å². The summed E-state index contributed by atoms with van der Waals surface area (Å²) >= 11 is 0.